The van der Waals surface area contributed by atoms with E-state index >= 15 is 0 Å². The van der Waals surface area contributed by atoms with Crippen LogP contribution >= 0.6 is 0 Å². The molecule has 0 heterocycles. The number of amides is 1. The molecule has 1 atom stereocenters. The van der Waals surface area contributed by atoms with Crippen LogP contribution in [0.4, 0.5) is 0 Å². The molecule has 0 bridgehead atoms. The lowest BCUT2D eigenvalue weighted by Gasteiger charge is -2.07. The number of carbonyl (C=O) groups excluding carboxylic acids is 2. The van der Waals surface area contributed by atoms with E-state index in [4.69, 9.17) is 5.11 Å². The first-order valence-corrected chi connectivity index (χ1v) is 6.01. The Kier molecular flexibility index (Phi) is 5.23. The van der Waals surface area contributed by atoms with Crippen molar-refractivity contribution in [3.8, 4) is 5.75 Å². The molecule has 0 fully saturated rings. The zero-order valence-corrected chi connectivity index (χ0v) is 11.3. The average molecular weight is 262 g/mol. The smallest absolute Gasteiger partial charge is 0.244 e. The summed E-state index contributed by atoms with van der Waals surface area (Å²) in [6.45, 7) is 4.93. The molecule has 5 nitrogen and oxygen atoms in total. The third kappa shape index (κ3) is 4.91. The van der Waals surface area contributed by atoms with E-state index in [9.17, 15) is 9.59 Å². The number of nitrogens with zero attached hydrogens (tertiary/aromatic N) is 1. The van der Waals surface area contributed by atoms with E-state index < -0.39 is 0 Å². The first-order chi connectivity index (χ1) is 8.90. The van der Waals surface area contributed by atoms with Gasteiger partial charge in [-0.15, -0.1) is 0 Å². The summed E-state index contributed by atoms with van der Waals surface area (Å²) in [5.74, 6) is -0.392. The standard InChI is InChI=1S/C14H18N2O3/c1-9(11(3)17)10(2)15-16-14(19)8-12-4-6-13(18)7-5-12/h4-7,9,18H,8H2,1-3H3,(H,16,19)/b15-10-. The monoisotopic (exact) mass is 262 g/mol. The predicted octanol–water partition coefficient (Wildman–Crippen LogP) is 1.65. The first kappa shape index (κ1) is 14.9. The van der Waals surface area contributed by atoms with Gasteiger partial charge in [-0.2, -0.15) is 5.10 Å². The van der Waals surface area contributed by atoms with Crippen LogP contribution in [-0.4, -0.2) is 22.5 Å². The Balaban J connectivity index is 2.54. The molecule has 0 saturated carbocycles. The summed E-state index contributed by atoms with van der Waals surface area (Å²) in [7, 11) is 0. The highest BCUT2D eigenvalue weighted by Gasteiger charge is 2.11. The Morgan fingerprint density at radius 1 is 1.26 bits per heavy atom. The van der Waals surface area contributed by atoms with Gasteiger partial charge in [-0.1, -0.05) is 19.1 Å². The van der Waals surface area contributed by atoms with Crippen LogP contribution in [0, 0.1) is 5.92 Å². The minimum absolute atomic E-state index is 0.00836. The number of Topliss-reactive ketones (excluding diaryl/α,β-unsaturated/α-hetero) is 1. The summed E-state index contributed by atoms with van der Waals surface area (Å²) in [5, 5.41) is 13.0. The molecular weight excluding hydrogens is 244 g/mol. The van der Waals surface area contributed by atoms with Crippen molar-refractivity contribution in [2.75, 3.05) is 0 Å². The van der Waals surface area contributed by atoms with Crippen molar-refractivity contribution >= 4 is 17.4 Å². The maximum Gasteiger partial charge on any atom is 0.244 e. The summed E-state index contributed by atoms with van der Waals surface area (Å²) in [5.41, 5.74) is 3.77. The van der Waals surface area contributed by atoms with Crippen LogP contribution in [-0.2, 0) is 16.0 Å². The van der Waals surface area contributed by atoms with E-state index in [-0.39, 0.29) is 29.8 Å². The fourth-order valence-electron chi connectivity index (χ4n) is 1.38. The molecule has 0 aromatic heterocycles. The van der Waals surface area contributed by atoms with Gasteiger partial charge in [0.2, 0.25) is 5.91 Å². The number of nitrogens with one attached hydrogen (secondary N) is 1. The van der Waals surface area contributed by atoms with Crippen LogP contribution < -0.4 is 5.43 Å². The molecule has 1 unspecified atom stereocenters. The molecular formula is C14H18N2O3. The van der Waals surface area contributed by atoms with E-state index in [1.54, 1.807) is 26.0 Å². The molecule has 1 aromatic rings. The maximum absolute atomic E-state index is 11.6. The van der Waals surface area contributed by atoms with Gasteiger partial charge in [0.1, 0.15) is 11.5 Å². The van der Waals surface area contributed by atoms with Gasteiger partial charge >= 0.3 is 0 Å². The van der Waals surface area contributed by atoms with E-state index in [2.05, 4.69) is 10.5 Å². The van der Waals surface area contributed by atoms with Crippen molar-refractivity contribution in [2.24, 2.45) is 11.0 Å². The maximum atomic E-state index is 11.6. The van der Waals surface area contributed by atoms with Crippen molar-refractivity contribution < 1.29 is 14.7 Å². The molecule has 0 spiro atoms. The summed E-state index contributed by atoms with van der Waals surface area (Å²) in [6.07, 6.45) is 0.172. The Hall–Kier alpha value is -2.17. The number of benzene rings is 1. The number of ketones is 1. The molecule has 5 heteroatoms. The predicted molar refractivity (Wildman–Crippen MR) is 72.9 cm³/mol. The van der Waals surface area contributed by atoms with Gasteiger partial charge in [-0.3, -0.25) is 9.59 Å². The lowest BCUT2D eigenvalue weighted by atomic mass is 10.0. The summed E-state index contributed by atoms with van der Waals surface area (Å²) in [6, 6.07) is 6.39. The molecule has 1 amide bonds. The molecule has 0 radical (unpaired) electrons. The number of aromatic hydroxyl groups is 1. The largest absolute Gasteiger partial charge is 0.508 e. The molecule has 1 aromatic carbocycles. The number of carbonyl (C=O) groups is 2. The second-order valence-electron chi connectivity index (χ2n) is 4.46. The van der Waals surface area contributed by atoms with Crippen molar-refractivity contribution in [2.45, 2.75) is 27.2 Å². The van der Waals surface area contributed by atoms with Crippen molar-refractivity contribution in [1.82, 2.24) is 5.43 Å². The van der Waals surface area contributed by atoms with Crippen LogP contribution in [0.15, 0.2) is 29.4 Å². The zero-order valence-electron chi connectivity index (χ0n) is 11.3. The number of phenols is 1. The van der Waals surface area contributed by atoms with E-state index in [0.717, 1.165) is 5.56 Å². The minimum Gasteiger partial charge on any atom is -0.508 e. The Morgan fingerprint density at radius 2 is 1.84 bits per heavy atom. The van der Waals surface area contributed by atoms with Crippen LogP contribution in [0.2, 0.25) is 0 Å². The van der Waals surface area contributed by atoms with Crippen molar-refractivity contribution in [3.63, 3.8) is 0 Å². The summed E-state index contributed by atoms with van der Waals surface area (Å²) in [4.78, 5) is 22.8. The lowest BCUT2D eigenvalue weighted by Crippen LogP contribution is -2.24. The van der Waals surface area contributed by atoms with Gasteiger partial charge in [0.05, 0.1) is 12.3 Å². The normalized spacial score (nSPS) is 12.9. The van der Waals surface area contributed by atoms with Gasteiger partial charge in [0, 0.05) is 5.71 Å². The van der Waals surface area contributed by atoms with Crippen LogP contribution in [0.5, 0.6) is 5.75 Å². The molecule has 0 saturated heterocycles. The lowest BCUT2D eigenvalue weighted by molar-refractivity contribution is -0.121. The number of hydrogen-bond acceptors (Lipinski definition) is 4. The number of hydrazone groups is 1. The Bertz CT molecular complexity index is 492. The molecule has 1 rings (SSSR count). The Labute approximate surface area is 112 Å². The van der Waals surface area contributed by atoms with Gasteiger partial charge < -0.3 is 5.11 Å². The zero-order chi connectivity index (χ0) is 14.4. The highest BCUT2D eigenvalue weighted by atomic mass is 16.3. The fourth-order valence-corrected chi connectivity index (χ4v) is 1.38. The SMILES string of the molecule is CC(=O)C(C)/C(C)=N\NC(=O)Cc1ccc(O)cc1. The van der Waals surface area contributed by atoms with Crippen LogP contribution in [0.25, 0.3) is 0 Å². The number of phenolic OH excluding ortho intramolecular Hbond substituents is 1. The third-order valence-corrected chi connectivity index (χ3v) is 2.89. The second kappa shape index (κ2) is 6.68. The van der Waals surface area contributed by atoms with Gasteiger partial charge in [0.15, 0.2) is 0 Å². The molecule has 2 N–H and O–H groups in total. The Morgan fingerprint density at radius 3 is 2.37 bits per heavy atom. The van der Waals surface area contributed by atoms with Gasteiger partial charge in [-0.05, 0) is 31.5 Å². The molecule has 0 aliphatic rings. The highest BCUT2D eigenvalue weighted by Crippen LogP contribution is 2.09. The topological polar surface area (TPSA) is 78.8 Å². The third-order valence-electron chi connectivity index (χ3n) is 2.89. The quantitative estimate of drug-likeness (QED) is 0.625. The average Bonchev–Trinajstić information content (AvgIpc) is 2.37. The molecule has 0 aliphatic carbocycles. The second-order valence-corrected chi connectivity index (χ2v) is 4.46. The summed E-state index contributed by atoms with van der Waals surface area (Å²) < 4.78 is 0. The first-order valence-electron chi connectivity index (χ1n) is 6.01. The van der Waals surface area contributed by atoms with E-state index in [1.807, 2.05) is 0 Å². The van der Waals surface area contributed by atoms with E-state index in [1.165, 1.54) is 19.1 Å². The van der Waals surface area contributed by atoms with Crippen molar-refractivity contribution in [3.05, 3.63) is 29.8 Å². The molecule has 0 aliphatic heterocycles. The number of rotatable bonds is 5. The van der Waals surface area contributed by atoms with E-state index in [0.29, 0.717) is 5.71 Å². The molecule has 102 valence electrons. The van der Waals surface area contributed by atoms with Crippen LogP contribution in [0.1, 0.15) is 26.3 Å². The fraction of sp³-hybridized carbons (Fsp3) is 0.357. The van der Waals surface area contributed by atoms with Crippen LogP contribution in [0.3, 0.4) is 0 Å². The number of hydrogen-bond donors (Lipinski definition) is 2. The molecule has 19 heavy (non-hydrogen) atoms. The van der Waals surface area contributed by atoms with Crippen molar-refractivity contribution in [1.29, 1.82) is 0 Å². The minimum atomic E-state index is -0.297. The van der Waals surface area contributed by atoms with Gasteiger partial charge in [-0.25, -0.2) is 5.43 Å². The summed E-state index contributed by atoms with van der Waals surface area (Å²) >= 11 is 0. The van der Waals surface area contributed by atoms with Gasteiger partial charge in [0.25, 0.3) is 0 Å². The highest BCUT2D eigenvalue weighted by molar-refractivity contribution is 6.02.